The lowest BCUT2D eigenvalue weighted by atomic mass is 10.4. The number of pyridine rings is 1. The van der Waals surface area contributed by atoms with E-state index in [1.807, 2.05) is 28.9 Å². The Morgan fingerprint density at radius 2 is 2.26 bits per heavy atom. The summed E-state index contributed by atoms with van der Waals surface area (Å²) in [6.45, 7) is 0.400. The number of hydrogen-bond acceptors (Lipinski definition) is 2. The Balaban J connectivity index is 1.73. The molecule has 6 heteroatoms. The number of imidazole rings is 1. The van der Waals surface area contributed by atoms with Gasteiger partial charge < -0.3 is 14.7 Å². The Hall–Kier alpha value is -2.08. The summed E-state index contributed by atoms with van der Waals surface area (Å²) in [6.07, 6.45) is 5.55. The number of nitrogens with zero attached hydrogens (tertiary/aromatic N) is 2. The van der Waals surface area contributed by atoms with Crippen LogP contribution in [0.3, 0.4) is 0 Å². The highest BCUT2D eigenvalue weighted by Gasteiger charge is 2.07. The molecule has 0 unspecified atom stereocenters. The summed E-state index contributed by atoms with van der Waals surface area (Å²) in [7, 11) is 0. The molecule has 0 aliphatic rings. The maximum absolute atomic E-state index is 11.8. The number of hydrogen-bond donors (Lipinski definition) is 2. The van der Waals surface area contributed by atoms with Gasteiger partial charge >= 0.3 is 0 Å². The van der Waals surface area contributed by atoms with Crippen LogP contribution in [-0.4, -0.2) is 20.3 Å². The number of nitrogens with one attached hydrogen (secondary N) is 2. The van der Waals surface area contributed by atoms with Crippen molar-refractivity contribution in [2.45, 2.75) is 6.54 Å². The molecule has 0 radical (unpaired) electrons. The van der Waals surface area contributed by atoms with Crippen LogP contribution < -0.4 is 5.32 Å². The molecule has 0 fully saturated rings. The molecule has 3 heterocycles. The number of halogens is 1. The van der Waals surface area contributed by atoms with Crippen LogP contribution in [0.15, 0.2) is 47.3 Å². The Bertz CT molecular complexity index is 717. The molecule has 96 valence electrons. The predicted molar refractivity (Wildman–Crippen MR) is 74.9 cm³/mol. The van der Waals surface area contributed by atoms with Gasteiger partial charge in [-0.2, -0.15) is 0 Å². The zero-order valence-electron chi connectivity index (χ0n) is 9.93. The highest BCUT2D eigenvalue weighted by molar-refractivity contribution is 9.10. The number of amides is 1. The molecular weight excluding hydrogens is 308 g/mol. The van der Waals surface area contributed by atoms with Gasteiger partial charge in [0.1, 0.15) is 11.3 Å². The van der Waals surface area contributed by atoms with Crippen molar-refractivity contribution in [3.05, 3.63) is 58.7 Å². The first-order chi connectivity index (χ1) is 9.22. The molecule has 0 aliphatic carbocycles. The van der Waals surface area contributed by atoms with Crippen molar-refractivity contribution >= 4 is 27.5 Å². The maximum Gasteiger partial charge on any atom is 0.268 e. The summed E-state index contributed by atoms with van der Waals surface area (Å²) < 4.78 is 2.90. The van der Waals surface area contributed by atoms with Crippen LogP contribution >= 0.6 is 15.9 Å². The van der Waals surface area contributed by atoms with Gasteiger partial charge in [-0.3, -0.25) is 4.79 Å². The van der Waals surface area contributed by atoms with Crippen molar-refractivity contribution < 1.29 is 4.79 Å². The minimum Gasteiger partial charge on any atom is -0.357 e. The topological polar surface area (TPSA) is 62.2 Å². The van der Waals surface area contributed by atoms with E-state index in [0.717, 1.165) is 15.8 Å². The SMILES string of the molecule is O=C(NCc1cn2cc(Br)ccc2n1)c1ccc[nH]1. The number of fused-ring (bicyclic) bond motifs is 1. The second-order valence-electron chi connectivity index (χ2n) is 4.11. The van der Waals surface area contributed by atoms with Gasteiger partial charge in [-0.1, -0.05) is 0 Å². The molecular formula is C13H11BrN4O. The number of aromatic amines is 1. The van der Waals surface area contributed by atoms with Crippen molar-refractivity contribution in [2.24, 2.45) is 0 Å². The van der Waals surface area contributed by atoms with Crippen molar-refractivity contribution in [1.29, 1.82) is 0 Å². The lowest BCUT2D eigenvalue weighted by Crippen LogP contribution is -2.23. The largest absolute Gasteiger partial charge is 0.357 e. The van der Waals surface area contributed by atoms with Crippen LogP contribution in [0.25, 0.3) is 5.65 Å². The first-order valence-corrected chi connectivity index (χ1v) is 6.56. The van der Waals surface area contributed by atoms with Gasteiger partial charge in [0.25, 0.3) is 5.91 Å². The zero-order valence-corrected chi connectivity index (χ0v) is 11.5. The molecule has 0 bridgehead atoms. The molecule has 5 nitrogen and oxygen atoms in total. The summed E-state index contributed by atoms with van der Waals surface area (Å²) in [5.41, 5.74) is 2.22. The molecule has 0 aromatic carbocycles. The zero-order chi connectivity index (χ0) is 13.2. The molecule has 0 saturated heterocycles. The van der Waals surface area contributed by atoms with Gasteiger partial charge in [0.2, 0.25) is 0 Å². The molecule has 0 spiro atoms. The normalized spacial score (nSPS) is 10.8. The van der Waals surface area contributed by atoms with Gasteiger partial charge in [0, 0.05) is 23.1 Å². The molecule has 19 heavy (non-hydrogen) atoms. The van der Waals surface area contributed by atoms with Crippen molar-refractivity contribution in [1.82, 2.24) is 19.7 Å². The van der Waals surface area contributed by atoms with E-state index < -0.39 is 0 Å². The number of rotatable bonds is 3. The van der Waals surface area contributed by atoms with Gasteiger partial charge in [0.15, 0.2) is 0 Å². The third-order valence-electron chi connectivity index (χ3n) is 2.74. The monoisotopic (exact) mass is 318 g/mol. The van der Waals surface area contributed by atoms with Crippen molar-refractivity contribution in [3.8, 4) is 0 Å². The van der Waals surface area contributed by atoms with Crippen molar-refractivity contribution in [3.63, 3.8) is 0 Å². The van der Waals surface area contributed by atoms with E-state index in [1.54, 1.807) is 18.3 Å². The van der Waals surface area contributed by atoms with E-state index in [1.165, 1.54) is 0 Å². The van der Waals surface area contributed by atoms with Crippen LogP contribution in [0.1, 0.15) is 16.2 Å². The molecule has 3 rings (SSSR count). The second kappa shape index (κ2) is 4.89. The molecule has 0 atom stereocenters. The fourth-order valence-electron chi connectivity index (χ4n) is 1.84. The molecule has 0 aliphatic heterocycles. The van der Waals surface area contributed by atoms with Gasteiger partial charge in [-0.15, -0.1) is 0 Å². The number of H-pyrrole nitrogens is 1. The second-order valence-corrected chi connectivity index (χ2v) is 5.03. The standard InChI is InChI=1S/C13H11BrN4O/c14-9-3-4-12-17-10(8-18(12)7-9)6-16-13(19)11-2-1-5-15-11/h1-5,7-8,15H,6H2,(H,16,19). The number of aromatic nitrogens is 3. The van der Waals surface area contributed by atoms with E-state index >= 15 is 0 Å². The van der Waals surface area contributed by atoms with Crippen molar-refractivity contribution in [2.75, 3.05) is 0 Å². The van der Waals surface area contributed by atoms with E-state index in [2.05, 4.69) is 31.2 Å². The van der Waals surface area contributed by atoms with E-state index in [0.29, 0.717) is 12.2 Å². The molecule has 1 amide bonds. The van der Waals surface area contributed by atoms with Crippen LogP contribution in [-0.2, 0) is 6.54 Å². The Morgan fingerprint density at radius 1 is 1.37 bits per heavy atom. The fraction of sp³-hybridized carbons (Fsp3) is 0.0769. The van der Waals surface area contributed by atoms with Gasteiger partial charge in [0.05, 0.1) is 12.2 Å². The summed E-state index contributed by atoms with van der Waals surface area (Å²) >= 11 is 3.41. The maximum atomic E-state index is 11.8. The Kier molecular flexibility index (Phi) is 3.08. The minimum absolute atomic E-state index is 0.136. The molecule has 0 saturated carbocycles. The van der Waals surface area contributed by atoms with E-state index in [-0.39, 0.29) is 5.91 Å². The van der Waals surface area contributed by atoms with Gasteiger partial charge in [-0.25, -0.2) is 4.98 Å². The summed E-state index contributed by atoms with van der Waals surface area (Å²) in [5, 5.41) is 2.82. The average molecular weight is 319 g/mol. The van der Waals surface area contributed by atoms with Crippen LogP contribution in [0, 0.1) is 0 Å². The summed E-state index contributed by atoms with van der Waals surface area (Å²) in [5.74, 6) is -0.136. The highest BCUT2D eigenvalue weighted by Crippen LogP contribution is 2.12. The first kappa shape index (κ1) is 12.0. The fourth-order valence-corrected chi connectivity index (χ4v) is 2.19. The highest BCUT2D eigenvalue weighted by atomic mass is 79.9. The smallest absolute Gasteiger partial charge is 0.268 e. The summed E-state index contributed by atoms with van der Waals surface area (Å²) in [6, 6.07) is 7.37. The van der Waals surface area contributed by atoms with Crippen LogP contribution in [0.5, 0.6) is 0 Å². The Labute approximate surface area is 117 Å². The lowest BCUT2D eigenvalue weighted by molar-refractivity contribution is 0.0946. The minimum atomic E-state index is -0.136. The number of carbonyl (C=O) groups excluding carboxylic acids is 1. The molecule has 3 aromatic rings. The van der Waals surface area contributed by atoms with Crippen LogP contribution in [0.4, 0.5) is 0 Å². The lowest BCUT2D eigenvalue weighted by Gasteiger charge is -2.00. The first-order valence-electron chi connectivity index (χ1n) is 5.77. The van der Waals surface area contributed by atoms with Gasteiger partial charge in [-0.05, 0) is 40.2 Å². The van der Waals surface area contributed by atoms with E-state index in [9.17, 15) is 4.79 Å². The predicted octanol–water partition coefficient (Wildman–Crippen LogP) is 2.35. The third kappa shape index (κ3) is 2.53. The third-order valence-corrected chi connectivity index (χ3v) is 3.21. The average Bonchev–Trinajstić information content (AvgIpc) is 3.04. The summed E-state index contributed by atoms with van der Waals surface area (Å²) in [4.78, 5) is 19.1. The number of carbonyl (C=O) groups is 1. The van der Waals surface area contributed by atoms with E-state index in [4.69, 9.17) is 0 Å². The quantitative estimate of drug-likeness (QED) is 0.778. The molecule has 2 N–H and O–H groups in total. The van der Waals surface area contributed by atoms with Crippen LogP contribution in [0.2, 0.25) is 0 Å². The molecule has 3 aromatic heterocycles. The Morgan fingerprint density at radius 3 is 3.05 bits per heavy atom.